The SMILES string of the molecule is CN[C@@H](Cc1c[nH]c2ccccc12)C(=O)N[C@H](C(=O)N[C@@H](CC(=O)O)C(=O)NCC(=O)N[C@@H](Cc1c[nH]c2ccccc12)C(=O)N[C@H](C(=O)N1CCC[C@H]1C(C)=O)C(C)C)C(C)C. The Hall–Kier alpha value is -6.56. The zero-order valence-corrected chi connectivity index (χ0v) is 36.5. The quantitative estimate of drug-likeness (QED) is 0.0582. The highest BCUT2D eigenvalue weighted by Gasteiger charge is 2.38. The van der Waals surface area contributed by atoms with Gasteiger partial charge in [0, 0.05) is 47.2 Å². The van der Waals surface area contributed by atoms with Crippen LogP contribution in [0.4, 0.5) is 0 Å². The molecule has 0 unspecified atom stereocenters. The maximum absolute atomic E-state index is 14.1. The number of nitrogens with one attached hydrogen (secondary N) is 8. The number of amides is 6. The number of likely N-dealkylation sites (N-methyl/N-ethyl adjacent to an activating group) is 1. The molecule has 4 aromatic rings. The molecule has 0 aliphatic carbocycles. The third kappa shape index (κ3) is 12.1. The van der Waals surface area contributed by atoms with Crippen LogP contribution >= 0.6 is 0 Å². The van der Waals surface area contributed by atoms with Gasteiger partial charge in [-0.2, -0.15) is 0 Å². The Morgan fingerprint density at radius 1 is 0.698 bits per heavy atom. The molecule has 338 valence electrons. The molecule has 1 aliphatic rings. The van der Waals surface area contributed by atoms with Gasteiger partial charge in [-0.25, -0.2) is 0 Å². The fourth-order valence-electron chi connectivity index (χ4n) is 7.95. The normalized spacial score (nSPS) is 16.3. The average molecular weight is 870 g/mol. The number of aromatic nitrogens is 2. The van der Waals surface area contributed by atoms with Crippen molar-refractivity contribution < 1.29 is 43.5 Å². The van der Waals surface area contributed by atoms with E-state index in [1.807, 2.05) is 54.7 Å². The highest BCUT2D eigenvalue weighted by atomic mass is 16.4. The van der Waals surface area contributed by atoms with Crippen LogP contribution in [0.5, 0.6) is 0 Å². The van der Waals surface area contributed by atoms with Gasteiger partial charge in [0.2, 0.25) is 35.4 Å². The van der Waals surface area contributed by atoms with Gasteiger partial charge < -0.3 is 51.9 Å². The first-order chi connectivity index (χ1) is 30.0. The molecule has 0 spiro atoms. The highest BCUT2D eigenvalue weighted by Crippen LogP contribution is 2.23. The van der Waals surface area contributed by atoms with Crippen LogP contribution in [0.15, 0.2) is 60.9 Å². The highest BCUT2D eigenvalue weighted by molar-refractivity contribution is 5.98. The molecule has 1 fully saturated rings. The van der Waals surface area contributed by atoms with E-state index in [0.29, 0.717) is 31.4 Å². The number of likely N-dealkylation sites (tertiary alicyclic amines) is 1. The van der Waals surface area contributed by atoms with Crippen molar-refractivity contribution in [2.45, 2.75) is 103 Å². The number of nitrogens with zero attached hydrogens (tertiary/aromatic N) is 1. The standard InChI is InChI=1S/C45H59N9O9/c1-24(2)39(52-42(60)33(46-6)18-27-21-47-31-14-9-7-12-29(27)31)44(62)51-35(20-38(57)58)41(59)49-23-37(56)50-34(19-28-22-48-32-15-10-8-13-30(28)32)43(61)53-40(25(3)4)45(63)54-17-11-16-36(54)26(5)55/h7-10,12-15,21-22,24-25,33-36,39-40,46-48H,11,16-20,23H2,1-6H3,(H,49,59)(H,50,56)(H,51,62)(H,52,60)(H,53,61)(H,57,58)/t33-,34-,35-,36-,39-,40-/m0/s1. The van der Waals surface area contributed by atoms with Crippen molar-refractivity contribution in [1.29, 1.82) is 0 Å². The van der Waals surface area contributed by atoms with Crippen LogP contribution in [-0.4, -0.2) is 124 Å². The van der Waals surface area contributed by atoms with E-state index in [1.165, 1.54) is 11.8 Å². The minimum atomic E-state index is -1.64. The lowest BCUT2D eigenvalue weighted by atomic mass is 9.99. The van der Waals surface area contributed by atoms with Crippen molar-refractivity contribution in [3.63, 3.8) is 0 Å². The van der Waals surface area contributed by atoms with Crippen LogP contribution in [-0.2, 0) is 51.2 Å². The molecule has 0 saturated carbocycles. The first-order valence-corrected chi connectivity index (χ1v) is 21.3. The number of carboxylic acid groups (broad SMARTS) is 1. The van der Waals surface area contributed by atoms with E-state index in [4.69, 9.17) is 0 Å². The number of H-pyrrole nitrogens is 2. The van der Waals surface area contributed by atoms with E-state index in [2.05, 4.69) is 41.9 Å². The second-order valence-electron chi connectivity index (χ2n) is 16.7. The Morgan fingerprint density at radius 2 is 1.24 bits per heavy atom. The molecule has 2 aromatic carbocycles. The summed E-state index contributed by atoms with van der Waals surface area (Å²) in [7, 11) is 1.62. The number of para-hydroxylation sites is 2. The van der Waals surface area contributed by atoms with E-state index in [9.17, 15) is 43.5 Å². The molecule has 9 N–H and O–H groups in total. The predicted molar refractivity (Wildman–Crippen MR) is 235 cm³/mol. The molecule has 18 heteroatoms. The smallest absolute Gasteiger partial charge is 0.305 e. The summed E-state index contributed by atoms with van der Waals surface area (Å²) in [5.74, 6) is -6.58. The zero-order chi connectivity index (χ0) is 46.0. The minimum absolute atomic E-state index is 0.00940. The number of rotatable bonds is 21. The van der Waals surface area contributed by atoms with Crippen LogP contribution < -0.4 is 31.9 Å². The number of aromatic amines is 2. The van der Waals surface area contributed by atoms with Crippen molar-refractivity contribution in [3.8, 4) is 0 Å². The summed E-state index contributed by atoms with van der Waals surface area (Å²) in [4.78, 5) is 114. The molecule has 3 heterocycles. The molecular weight excluding hydrogens is 811 g/mol. The van der Waals surface area contributed by atoms with Gasteiger partial charge in [-0.05, 0) is 68.3 Å². The maximum Gasteiger partial charge on any atom is 0.305 e. The number of aliphatic carboxylic acids is 1. The van der Waals surface area contributed by atoms with Crippen LogP contribution in [0.3, 0.4) is 0 Å². The van der Waals surface area contributed by atoms with Gasteiger partial charge >= 0.3 is 5.97 Å². The first kappa shape index (κ1) is 47.5. The molecule has 2 aromatic heterocycles. The molecule has 5 rings (SSSR count). The summed E-state index contributed by atoms with van der Waals surface area (Å²) in [5.41, 5.74) is 3.27. The number of carboxylic acids is 1. The van der Waals surface area contributed by atoms with Crippen molar-refractivity contribution in [1.82, 2.24) is 46.8 Å². The maximum atomic E-state index is 14.1. The van der Waals surface area contributed by atoms with Gasteiger partial charge in [-0.3, -0.25) is 38.4 Å². The van der Waals surface area contributed by atoms with Crippen LogP contribution in [0.2, 0.25) is 0 Å². The summed E-state index contributed by atoms with van der Waals surface area (Å²) in [6.07, 6.45) is 4.15. The van der Waals surface area contributed by atoms with E-state index >= 15 is 0 Å². The number of hydrogen-bond acceptors (Lipinski definition) is 9. The lowest BCUT2D eigenvalue weighted by Gasteiger charge is -2.31. The number of ketones is 1. The fraction of sp³-hybridized carbons (Fsp3) is 0.467. The van der Waals surface area contributed by atoms with E-state index in [0.717, 1.165) is 27.4 Å². The zero-order valence-electron chi connectivity index (χ0n) is 36.5. The van der Waals surface area contributed by atoms with E-state index < -0.39 is 96.5 Å². The molecule has 63 heavy (non-hydrogen) atoms. The Morgan fingerprint density at radius 3 is 1.78 bits per heavy atom. The number of carbonyl (C=O) groups excluding carboxylic acids is 7. The molecule has 1 saturated heterocycles. The summed E-state index contributed by atoms with van der Waals surface area (Å²) in [6.45, 7) is 8.00. The van der Waals surface area contributed by atoms with Gasteiger partial charge in [-0.1, -0.05) is 64.1 Å². The first-order valence-electron chi connectivity index (χ1n) is 21.3. The summed E-state index contributed by atoms with van der Waals surface area (Å²) >= 11 is 0. The molecule has 0 radical (unpaired) electrons. The fourth-order valence-corrected chi connectivity index (χ4v) is 7.95. The van der Waals surface area contributed by atoms with Crippen molar-refractivity contribution >= 4 is 69.0 Å². The topological polar surface area (TPSA) is 264 Å². The molecule has 1 aliphatic heterocycles. The molecular formula is C45H59N9O9. The largest absolute Gasteiger partial charge is 0.481 e. The van der Waals surface area contributed by atoms with Gasteiger partial charge in [0.15, 0.2) is 5.78 Å². The molecule has 6 atom stereocenters. The number of benzene rings is 2. The summed E-state index contributed by atoms with van der Waals surface area (Å²) in [5, 5.41) is 27.4. The Balaban J connectivity index is 1.26. The number of hydrogen-bond donors (Lipinski definition) is 9. The monoisotopic (exact) mass is 869 g/mol. The third-order valence-corrected chi connectivity index (χ3v) is 11.4. The van der Waals surface area contributed by atoms with Crippen molar-refractivity contribution in [3.05, 3.63) is 72.1 Å². The Bertz CT molecular complexity index is 2320. The lowest BCUT2D eigenvalue weighted by Crippen LogP contribution is -2.59. The second kappa shape index (κ2) is 21.5. The number of Topliss-reactive ketones (excluding diaryl/α,β-unsaturated/α-hetero) is 1. The van der Waals surface area contributed by atoms with Gasteiger partial charge in [-0.15, -0.1) is 0 Å². The molecule has 0 bridgehead atoms. The van der Waals surface area contributed by atoms with Crippen LogP contribution in [0.1, 0.15) is 65.0 Å². The third-order valence-electron chi connectivity index (χ3n) is 11.4. The van der Waals surface area contributed by atoms with E-state index in [1.54, 1.807) is 40.9 Å². The van der Waals surface area contributed by atoms with Crippen LogP contribution in [0, 0.1) is 11.8 Å². The van der Waals surface area contributed by atoms with Crippen molar-refractivity contribution in [2.75, 3.05) is 20.1 Å². The predicted octanol–water partition coefficient (Wildman–Crippen LogP) is 1.44. The summed E-state index contributed by atoms with van der Waals surface area (Å²) < 4.78 is 0. The second-order valence-corrected chi connectivity index (χ2v) is 16.7. The lowest BCUT2D eigenvalue weighted by molar-refractivity contribution is -0.142. The van der Waals surface area contributed by atoms with Gasteiger partial charge in [0.05, 0.1) is 25.0 Å². The van der Waals surface area contributed by atoms with E-state index in [-0.39, 0.29) is 18.1 Å². The minimum Gasteiger partial charge on any atom is -0.481 e. The average Bonchev–Trinajstić information content (AvgIpc) is 4.01. The van der Waals surface area contributed by atoms with Gasteiger partial charge in [0.1, 0.15) is 24.2 Å². The summed E-state index contributed by atoms with van der Waals surface area (Å²) in [6, 6.07) is 8.63. The molecule has 18 nitrogen and oxygen atoms in total. The number of carbonyl (C=O) groups is 8. The van der Waals surface area contributed by atoms with Crippen LogP contribution in [0.25, 0.3) is 21.8 Å². The Kier molecular flexibility index (Phi) is 16.2. The van der Waals surface area contributed by atoms with Gasteiger partial charge in [0.25, 0.3) is 0 Å². The Labute approximate surface area is 365 Å². The van der Waals surface area contributed by atoms with Crippen molar-refractivity contribution in [2.24, 2.45) is 11.8 Å². The molecule has 6 amide bonds. The number of fused-ring (bicyclic) bond motifs is 2.